The number of halogens is 2. The Labute approximate surface area is 114 Å². The topological polar surface area (TPSA) is 32.3 Å². The van der Waals surface area contributed by atoms with Crippen molar-refractivity contribution in [3.63, 3.8) is 0 Å². The molecule has 2 N–H and O–H groups in total. The molecule has 2 nitrogen and oxygen atoms in total. The smallest absolute Gasteiger partial charge is 0.123 e. The molecule has 5 heteroatoms. The molecule has 0 aliphatic carbocycles. The molecule has 1 atom stereocenters. The van der Waals surface area contributed by atoms with E-state index < -0.39 is 0 Å². The van der Waals surface area contributed by atoms with Crippen LogP contribution in [0.3, 0.4) is 0 Å². The average Bonchev–Trinajstić information content (AvgIpc) is 2.75. The molecular formula is C13H13ClFNOS. The summed E-state index contributed by atoms with van der Waals surface area (Å²) >= 11 is 7.34. The van der Waals surface area contributed by atoms with Gasteiger partial charge in [0.05, 0.1) is 4.34 Å². The molecule has 0 aliphatic rings. The van der Waals surface area contributed by atoms with Crippen molar-refractivity contribution in [2.45, 2.75) is 19.5 Å². The number of hydrogen-bond donors (Lipinski definition) is 2. The molecule has 18 heavy (non-hydrogen) atoms. The third kappa shape index (κ3) is 3.22. The van der Waals surface area contributed by atoms with Crippen molar-refractivity contribution in [3.8, 4) is 5.75 Å². The maximum absolute atomic E-state index is 13.1. The van der Waals surface area contributed by atoms with E-state index in [1.165, 1.54) is 29.5 Å². The Morgan fingerprint density at radius 1 is 1.39 bits per heavy atom. The lowest BCUT2D eigenvalue weighted by atomic mass is 10.1. The summed E-state index contributed by atoms with van der Waals surface area (Å²) in [6.07, 6.45) is 0. The van der Waals surface area contributed by atoms with Gasteiger partial charge in [0.1, 0.15) is 11.6 Å². The van der Waals surface area contributed by atoms with Gasteiger partial charge in [-0.1, -0.05) is 11.6 Å². The number of hydrogen-bond acceptors (Lipinski definition) is 3. The van der Waals surface area contributed by atoms with Crippen molar-refractivity contribution in [3.05, 3.63) is 50.9 Å². The van der Waals surface area contributed by atoms with Crippen LogP contribution in [0.4, 0.5) is 4.39 Å². The minimum Gasteiger partial charge on any atom is -0.508 e. The summed E-state index contributed by atoms with van der Waals surface area (Å²) in [7, 11) is 0. The monoisotopic (exact) mass is 285 g/mol. The molecule has 0 spiro atoms. The van der Waals surface area contributed by atoms with Crippen LogP contribution >= 0.6 is 22.9 Å². The summed E-state index contributed by atoms with van der Waals surface area (Å²) in [5.74, 6) is -0.253. The highest BCUT2D eigenvalue weighted by Crippen LogP contribution is 2.26. The van der Waals surface area contributed by atoms with Crippen LogP contribution in [0.2, 0.25) is 4.34 Å². The van der Waals surface area contributed by atoms with E-state index in [0.29, 0.717) is 12.1 Å². The van der Waals surface area contributed by atoms with E-state index in [-0.39, 0.29) is 17.6 Å². The first-order valence-corrected chi connectivity index (χ1v) is 6.71. The minimum absolute atomic E-state index is 0.0978. The van der Waals surface area contributed by atoms with E-state index in [1.807, 2.05) is 19.1 Å². The summed E-state index contributed by atoms with van der Waals surface area (Å²) in [6, 6.07) is 7.59. The highest BCUT2D eigenvalue weighted by Gasteiger charge is 2.11. The number of rotatable bonds is 4. The molecule has 1 heterocycles. The molecule has 0 fully saturated rings. The molecule has 2 aromatic rings. The zero-order chi connectivity index (χ0) is 13.1. The van der Waals surface area contributed by atoms with Gasteiger partial charge >= 0.3 is 0 Å². The largest absolute Gasteiger partial charge is 0.508 e. The van der Waals surface area contributed by atoms with Crippen LogP contribution in [-0.4, -0.2) is 5.11 Å². The van der Waals surface area contributed by atoms with E-state index in [0.717, 1.165) is 9.21 Å². The first-order chi connectivity index (χ1) is 8.56. The van der Waals surface area contributed by atoms with Gasteiger partial charge in [-0.2, -0.15) is 0 Å². The van der Waals surface area contributed by atoms with E-state index in [9.17, 15) is 9.50 Å². The van der Waals surface area contributed by atoms with Crippen molar-refractivity contribution >= 4 is 22.9 Å². The van der Waals surface area contributed by atoms with E-state index in [2.05, 4.69) is 5.32 Å². The second kappa shape index (κ2) is 5.69. The van der Waals surface area contributed by atoms with Crippen molar-refractivity contribution in [2.24, 2.45) is 0 Å². The maximum atomic E-state index is 13.1. The first-order valence-electron chi connectivity index (χ1n) is 5.52. The van der Waals surface area contributed by atoms with Crippen molar-refractivity contribution in [2.75, 3.05) is 0 Å². The number of nitrogens with one attached hydrogen (secondary N) is 1. The molecule has 1 unspecified atom stereocenters. The Hall–Kier alpha value is -1.10. The van der Waals surface area contributed by atoms with Crippen LogP contribution in [0.25, 0.3) is 0 Å². The van der Waals surface area contributed by atoms with Gasteiger partial charge in [-0.05, 0) is 37.3 Å². The molecule has 0 aliphatic heterocycles. The molecule has 2 rings (SSSR count). The van der Waals surface area contributed by atoms with Crippen molar-refractivity contribution < 1.29 is 9.50 Å². The lowest BCUT2D eigenvalue weighted by Crippen LogP contribution is -2.17. The molecule has 96 valence electrons. The Morgan fingerprint density at radius 2 is 2.17 bits per heavy atom. The van der Waals surface area contributed by atoms with Gasteiger partial charge in [-0.25, -0.2) is 4.39 Å². The normalized spacial score (nSPS) is 12.6. The van der Waals surface area contributed by atoms with E-state index >= 15 is 0 Å². The van der Waals surface area contributed by atoms with Gasteiger partial charge in [0, 0.05) is 23.0 Å². The zero-order valence-corrected chi connectivity index (χ0v) is 11.4. The standard InChI is InChI=1S/C13H13ClFNOS/c1-8(11-6-9(15)2-4-12(11)17)16-7-10-3-5-13(14)18-10/h2-6,8,16-17H,7H2,1H3. The third-order valence-electron chi connectivity index (χ3n) is 2.67. The highest BCUT2D eigenvalue weighted by molar-refractivity contribution is 7.16. The Morgan fingerprint density at radius 3 is 2.83 bits per heavy atom. The predicted molar refractivity (Wildman–Crippen MR) is 72.6 cm³/mol. The molecule has 0 saturated heterocycles. The van der Waals surface area contributed by atoms with Crippen LogP contribution < -0.4 is 5.32 Å². The second-order valence-electron chi connectivity index (χ2n) is 4.01. The van der Waals surface area contributed by atoms with Crippen molar-refractivity contribution in [1.29, 1.82) is 0 Å². The summed E-state index contributed by atoms with van der Waals surface area (Å²) in [6.45, 7) is 2.51. The van der Waals surface area contributed by atoms with Gasteiger partial charge < -0.3 is 10.4 Å². The third-order valence-corrected chi connectivity index (χ3v) is 3.90. The Bertz CT molecular complexity index is 544. The molecule has 0 radical (unpaired) electrons. The average molecular weight is 286 g/mol. The fraction of sp³-hybridized carbons (Fsp3) is 0.231. The van der Waals surface area contributed by atoms with E-state index in [1.54, 1.807) is 0 Å². The SMILES string of the molecule is CC(NCc1ccc(Cl)s1)c1cc(F)ccc1O. The summed E-state index contributed by atoms with van der Waals surface area (Å²) in [4.78, 5) is 1.10. The number of benzene rings is 1. The highest BCUT2D eigenvalue weighted by atomic mass is 35.5. The number of phenolic OH excluding ortho intramolecular Hbond substituents is 1. The van der Waals surface area contributed by atoms with Gasteiger partial charge in [0.15, 0.2) is 0 Å². The van der Waals surface area contributed by atoms with Crippen LogP contribution in [0.5, 0.6) is 5.75 Å². The van der Waals surface area contributed by atoms with Crippen molar-refractivity contribution in [1.82, 2.24) is 5.32 Å². The lowest BCUT2D eigenvalue weighted by Gasteiger charge is -2.15. The molecule has 1 aromatic heterocycles. The van der Waals surface area contributed by atoms with Crippen LogP contribution in [-0.2, 0) is 6.54 Å². The summed E-state index contributed by atoms with van der Waals surface area (Å²) < 4.78 is 13.9. The number of phenols is 1. The number of thiophene rings is 1. The molecule has 1 aromatic carbocycles. The molecule has 0 saturated carbocycles. The quantitative estimate of drug-likeness (QED) is 0.886. The van der Waals surface area contributed by atoms with Crippen LogP contribution in [0.15, 0.2) is 30.3 Å². The Balaban J connectivity index is 2.03. The first kappa shape index (κ1) is 13.3. The van der Waals surface area contributed by atoms with Crippen LogP contribution in [0.1, 0.15) is 23.4 Å². The molecule has 0 bridgehead atoms. The predicted octanol–water partition coefficient (Wildman–Crippen LogP) is 4.10. The van der Waals surface area contributed by atoms with E-state index in [4.69, 9.17) is 11.6 Å². The molecule has 0 amide bonds. The van der Waals surface area contributed by atoms with Gasteiger partial charge in [-0.15, -0.1) is 11.3 Å². The van der Waals surface area contributed by atoms with Gasteiger partial charge in [0.2, 0.25) is 0 Å². The Kier molecular flexibility index (Phi) is 4.22. The zero-order valence-electron chi connectivity index (χ0n) is 9.78. The number of aromatic hydroxyl groups is 1. The fourth-order valence-corrected chi connectivity index (χ4v) is 2.72. The maximum Gasteiger partial charge on any atom is 0.123 e. The van der Waals surface area contributed by atoms with Gasteiger partial charge in [-0.3, -0.25) is 0 Å². The summed E-state index contributed by atoms with van der Waals surface area (Å²) in [5.41, 5.74) is 0.553. The minimum atomic E-state index is -0.351. The van der Waals surface area contributed by atoms with Crippen LogP contribution in [0, 0.1) is 5.82 Å². The molecular weight excluding hydrogens is 273 g/mol. The second-order valence-corrected chi connectivity index (χ2v) is 5.81. The summed E-state index contributed by atoms with van der Waals surface area (Å²) in [5, 5.41) is 12.9. The van der Waals surface area contributed by atoms with Gasteiger partial charge in [0.25, 0.3) is 0 Å². The fourth-order valence-electron chi connectivity index (χ4n) is 1.68. The lowest BCUT2D eigenvalue weighted by molar-refractivity contribution is 0.449.